The highest BCUT2D eigenvalue weighted by Gasteiger charge is 2.43. The lowest BCUT2D eigenvalue weighted by Gasteiger charge is -2.19. The van der Waals surface area contributed by atoms with E-state index >= 15 is 0 Å². The van der Waals surface area contributed by atoms with Crippen molar-refractivity contribution < 1.29 is 4.39 Å². The summed E-state index contributed by atoms with van der Waals surface area (Å²) in [7, 11) is 5.66. The lowest BCUT2D eigenvalue weighted by atomic mass is 9.96. The van der Waals surface area contributed by atoms with E-state index in [-0.39, 0.29) is 11.2 Å². The minimum atomic E-state index is -0.159. The average molecular weight is 369 g/mol. The van der Waals surface area contributed by atoms with Crippen molar-refractivity contribution in [2.75, 3.05) is 27.7 Å². The largest absolute Gasteiger partial charge is 0.356 e. The quantitative estimate of drug-likeness (QED) is 0.582. The first-order valence-corrected chi connectivity index (χ1v) is 9.44. The van der Waals surface area contributed by atoms with E-state index in [2.05, 4.69) is 46.0 Å². The van der Waals surface area contributed by atoms with E-state index < -0.39 is 0 Å². The van der Waals surface area contributed by atoms with Crippen LogP contribution in [0.2, 0.25) is 0 Å². The summed E-state index contributed by atoms with van der Waals surface area (Å²) in [5, 5.41) is 6.80. The Morgan fingerprint density at radius 2 is 1.85 bits per heavy atom. The lowest BCUT2D eigenvalue weighted by Crippen LogP contribution is -2.40. The Morgan fingerprint density at radius 1 is 1.11 bits per heavy atom. The fraction of sp³-hybridized carbons (Fsp3) is 0.409. The van der Waals surface area contributed by atoms with Gasteiger partial charge in [0.25, 0.3) is 0 Å². The van der Waals surface area contributed by atoms with E-state index in [4.69, 9.17) is 0 Å². The number of halogens is 1. The molecule has 0 atom stereocenters. The smallest absolute Gasteiger partial charge is 0.191 e. The van der Waals surface area contributed by atoms with Gasteiger partial charge >= 0.3 is 0 Å². The van der Waals surface area contributed by atoms with Crippen molar-refractivity contribution in [2.45, 2.75) is 31.3 Å². The molecule has 0 saturated heterocycles. The van der Waals surface area contributed by atoms with Crippen LogP contribution in [0.25, 0.3) is 0 Å². The Kier molecular flexibility index (Phi) is 6.11. The molecule has 0 aliphatic heterocycles. The zero-order valence-corrected chi connectivity index (χ0v) is 16.4. The average Bonchev–Trinajstić information content (AvgIpc) is 3.46. The summed E-state index contributed by atoms with van der Waals surface area (Å²) in [6.07, 6.45) is 2.40. The molecule has 4 nitrogen and oxygen atoms in total. The van der Waals surface area contributed by atoms with Crippen molar-refractivity contribution in [3.05, 3.63) is 71.0 Å². The predicted molar refractivity (Wildman–Crippen MR) is 109 cm³/mol. The molecule has 1 aliphatic rings. The highest BCUT2D eigenvalue weighted by Crippen LogP contribution is 2.47. The van der Waals surface area contributed by atoms with Gasteiger partial charge in [-0.25, -0.2) is 4.39 Å². The van der Waals surface area contributed by atoms with Crippen molar-refractivity contribution in [3.8, 4) is 0 Å². The van der Waals surface area contributed by atoms with Crippen LogP contribution in [0.15, 0.2) is 53.5 Å². The van der Waals surface area contributed by atoms with Crippen LogP contribution in [-0.4, -0.2) is 38.5 Å². The molecule has 27 heavy (non-hydrogen) atoms. The highest BCUT2D eigenvalue weighted by atomic mass is 19.1. The number of aliphatic imine (C=N–C) groups is 1. The molecule has 1 aliphatic carbocycles. The Balaban J connectivity index is 1.56. The second-order valence-electron chi connectivity index (χ2n) is 7.59. The van der Waals surface area contributed by atoms with Crippen LogP contribution in [0, 0.1) is 5.82 Å². The second-order valence-corrected chi connectivity index (χ2v) is 7.59. The van der Waals surface area contributed by atoms with Gasteiger partial charge in [0, 0.05) is 37.7 Å². The normalized spacial score (nSPS) is 15.7. The topological polar surface area (TPSA) is 39.7 Å². The van der Waals surface area contributed by atoms with Crippen LogP contribution in [-0.2, 0) is 18.5 Å². The van der Waals surface area contributed by atoms with Crippen LogP contribution in [0.3, 0.4) is 0 Å². The number of hydrogen-bond acceptors (Lipinski definition) is 2. The highest BCUT2D eigenvalue weighted by molar-refractivity contribution is 5.79. The summed E-state index contributed by atoms with van der Waals surface area (Å²) >= 11 is 0. The first-order valence-electron chi connectivity index (χ1n) is 9.44. The molecule has 2 aromatic rings. The summed E-state index contributed by atoms with van der Waals surface area (Å²) < 4.78 is 13.9. The van der Waals surface area contributed by atoms with Crippen molar-refractivity contribution in [1.29, 1.82) is 0 Å². The number of nitrogens with one attached hydrogen (secondary N) is 2. The van der Waals surface area contributed by atoms with Crippen molar-refractivity contribution in [3.63, 3.8) is 0 Å². The van der Waals surface area contributed by atoms with Crippen molar-refractivity contribution >= 4 is 5.96 Å². The maximum Gasteiger partial charge on any atom is 0.191 e. The summed E-state index contributed by atoms with van der Waals surface area (Å²) in [6, 6.07) is 15.9. The van der Waals surface area contributed by atoms with Crippen molar-refractivity contribution in [1.82, 2.24) is 15.5 Å². The monoisotopic (exact) mass is 368 g/mol. The molecule has 3 rings (SSSR count). The Bertz CT molecular complexity index is 782. The number of nitrogens with zero attached hydrogens (tertiary/aromatic N) is 2. The van der Waals surface area contributed by atoms with Gasteiger partial charge in [-0.1, -0.05) is 36.4 Å². The summed E-state index contributed by atoms with van der Waals surface area (Å²) in [4.78, 5) is 6.30. The summed E-state index contributed by atoms with van der Waals surface area (Å²) in [5.41, 5.74) is 3.37. The first kappa shape index (κ1) is 19.4. The predicted octanol–water partition coefficient (Wildman–Crippen LogP) is 3.28. The summed E-state index contributed by atoms with van der Waals surface area (Å²) in [5.74, 6) is 0.615. The minimum Gasteiger partial charge on any atom is -0.356 e. The molecule has 0 bridgehead atoms. The Labute approximate surface area is 161 Å². The fourth-order valence-corrected chi connectivity index (χ4v) is 3.37. The molecule has 0 unspecified atom stereocenters. The zero-order chi connectivity index (χ0) is 19.3. The zero-order valence-electron chi connectivity index (χ0n) is 16.4. The third-order valence-corrected chi connectivity index (χ3v) is 5.11. The molecule has 144 valence electrons. The molecule has 1 saturated carbocycles. The van der Waals surface area contributed by atoms with Gasteiger partial charge in [0.15, 0.2) is 5.96 Å². The van der Waals surface area contributed by atoms with Crippen LogP contribution in [0.5, 0.6) is 0 Å². The molecule has 2 N–H and O–H groups in total. The standard InChI is InChI=1S/C22H29FN4/c1-24-21(26-16-22(11-12-22)19-7-5-4-6-8-19)25-14-17-9-10-20(23)18(13-17)15-27(2)3/h4-10,13H,11-12,14-16H2,1-3H3,(H2,24,25,26). The molecule has 0 amide bonds. The SMILES string of the molecule is CN=C(NCc1ccc(F)c(CN(C)C)c1)NCC1(c2ccccc2)CC1. The molecular formula is C22H29FN4. The Hall–Kier alpha value is -2.40. The number of guanidine groups is 1. The molecule has 2 aromatic carbocycles. The van der Waals surface area contributed by atoms with Gasteiger partial charge in [0.05, 0.1) is 0 Å². The molecule has 0 spiro atoms. The number of rotatable bonds is 7. The maximum absolute atomic E-state index is 13.9. The van der Waals surface area contributed by atoms with Gasteiger partial charge in [-0.2, -0.15) is 0 Å². The van der Waals surface area contributed by atoms with Gasteiger partial charge in [-0.15, -0.1) is 0 Å². The van der Waals surface area contributed by atoms with Crippen LogP contribution >= 0.6 is 0 Å². The molecular weight excluding hydrogens is 339 g/mol. The third-order valence-electron chi connectivity index (χ3n) is 5.11. The van der Waals surface area contributed by atoms with E-state index in [9.17, 15) is 4.39 Å². The van der Waals surface area contributed by atoms with E-state index in [1.807, 2.05) is 31.1 Å². The van der Waals surface area contributed by atoms with Crippen LogP contribution in [0.1, 0.15) is 29.5 Å². The second kappa shape index (κ2) is 8.53. The van der Waals surface area contributed by atoms with Crippen LogP contribution < -0.4 is 10.6 Å². The van der Waals surface area contributed by atoms with E-state index in [0.29, 0.717) is 18.7 Å². The third kappa shape index (κ3) is 5.07. The van der Waals surface area contributed by atoms with E-state index in [1.54, 1.807) is 13.1 Å². The molecule has 0 heterocycles. The molecule has 0 aromatic heterocycles. The van der Waals surface area contributed by atoms with Gasteiger partial charge in [0.2, 0.25) is 0 Å². The lowest BCUT2D eigenvalue weighted by molar-refractivity contribution is 0.392. The summed E-state index contributed by atoms with van der Waals surface area (Å²) in [6.45, 7) is 2.07. The van der Waals surface area contributed by atoms with Gasteiger partial charge in [0.1, 0.15) is 5.82 Å². The fourth-order valence-electron chi connectivity index (χ4n) is 3.37. The molecule has 5 heteroatoms. The van der Waals surface area contributed by atoms with Crippen molar-refractivity contribution in [2.24, 2.45) is 4.99 Å². The molecule has 1 fully saturated rings. The minimum absolute atomic E-state index is 0.159. The maximum atomic E-state index is 13.9. The molecule has 0 radical (unpaired) electrons. The van der Waals surface area contributed by atoms with E-state index in [0.717, 1.165) is 18.1 Å². The van der Waals surface area contributed by atoms with Gasteiger partial charge < -0.3 is 15.5 Å². The van der Waals surface area contributed by atoms with Gasteiger partial charge in [-0.3, -0.25) is 4.99 Å². The van der Waals surface area contributed by atoms with E-state index in [1.165, 1.54) is 18.4 Å². The Morgan fingerprint density at radius 3 is 2.48 bits per heavy atom. The number of hydrogen-bond donors (Lipinski definition) is 2. The first-order chi connectivity index (χ1) is 13.0. The number of benzene rings is 2. The van der Waals surface area contributed by atoms with Gasteiger partial charge in [-0.05, 0) is 50.2 Å². The van der Waals surface area contributed by atoms with Crippen LogP contribution in [0.4, 0.5) is 4.39 Å².